The lowest BCUT2D eigenvalue weighted by molar-refractivity contribution is 1.07. The van der Waals surface area contributed by atoms with Gasteiger partial charge in [-0.2, -0.15) is 0 Å². The van der Waals surface area contributed by atoms with Crippen molar-refractivity contribution in [3.8, 4) is 11.3 Å². The lowest BCUT2D eigenvalue weighted by Crippen LogP contribution is -1.95. The summed E-state index contributed by atoms with van der Waals surface area (Å²) in [5, 5.41) is 3.28. The van der Waals surface area contributed by atoms with Gasteiger partial charge in [0.1, 0.15) is 0 Å². The summed E-state index contributed by atoms with van der Waals surface area (Å²) in [7, 11) is 0. The number of aryl methyl sites for hydroxylation is 1. The maximum Gasteiger partial charge on any atom is 0.0976 e. The van der Waals surface area contributed by atoms with Crippen LogP contribution < -0.4 is 5.73 Å². The summed E-state index contributed by atoms with van der Waals surface area (Å²) in [6.07, 6.45) is 0.901. The monoisotopic (exact) mass is 294 g/mol. The molecule has 2 N–H and O–H groups in total. The topological polar surface area (TPSA) is 38.9 Å². The van der Waals surface area contributed by atoms with Crippen LogP contribution in [0.3, 0.4) is 0 Å². The van der Waals surface area contributed by atoms with Gasteiger partial charge < -0.3 is 5.73 Å². The molecule has 0 saturated heterocycles. The van der Waals surface area contributed by atoms with Crippen LogP contribution in [0.1, 0.15) is 21.7 Å². The van der Waals surface area contributed by atoms with Crippen molar-refractivity contribution < 1.29 is 0 Å². The zero-order valence-electron chi connectivity index (χ0n) is 12.0. The maximum atomic E-state index is 5.63. The third kappa shape index (κ3) is 3.20. The quantitative estimate of drug-likeness (QED) is 0.784. The average molecular weight is 294 g/mol. The molecule has 0 saturated carbocycles. The molecule has 2 aromatic carbocycles. The fraction of sp³-hybridized carbons (Fsp3) is 0.167. The van der Waals surface area contributed by atoms with E-state index in [-0.39, 0.29) is 0 Å². The first-order valence-corrected chi connectivity index (χ1v) is 7.92. The minimum absolute atomic E-state index is 0.579. The van der Waals surface area contributed by atoms with Gasteiger partial charge in [0.05, 0.1) is 10.7 Å². The molecule has 1 aromatic heterocycles. The van der Waals surface area contributed by atoms with E-state index in [0.717, 1.165) is 28.2 Å². The molecule has 0 fully saturated rings. The molecule has 3 heteroatoms. The Morgan fingerprint density at radius 3 is 2.52 bits per heavy atom. The van der Waals surface area contributed by atoms with Crippen molar-refractivity contribution in [2.75, 3.05) is 0 Å². The van der Waals surface area contributed by atoms with Gasteiger partial charge in [-0.3, -0.25) is 0 Å². The van der Waals surface area contributed by atoms with Crippen molar-refractivity contribution in [2.24, 2.45) is 5.73 Å². The van der Waals surface area contributed by atoms with Gasteiger partial charge in [-0.1, -0.05) is 48.5 Å². The first kappa shape index (κ1) is 14.0. The second-order valence-corrected chi connectivity index (χ2v) is 6.07. The standard InChI is InChI=1S/C18H18N2S/c1-13-4-2-3-5-16(13)10-18-20-17(12-21-18)15-8-6-14(11-19)7-9-15/h2-9,12H,10-11,19H2,1H3. The van der Waals surface area contributed by atoms with Crippen LogP contribution in [0.2, 0.25) is 0 Å². The van der Waals surface area contributed by atoms with Crippen molar-refractivity contribution in [1.29, 1.82) is 0 Å². The Balaban J connectivity index is 1.81. The molecule has 0 amide bonds. The highest BCUT2D eigenvalue weighted by Gasteiger charge is 2.06. The zero-order chi connectivity index (χ0) is 14.7. The third-order valence-electron chi connectivity index (χ3n) is 3.64. The van der Waals surface area contributed by atoms with E-state index in [2.05, 4.69) is 60.8 Å². The molecule has 0 bridgehead atoms. The summed E-state index contributed by atoms with van der Waals surface area (Å²) in [4.78, 5) is 4.76. The maximum absolute atomic E-state index is 5.63. The van der Waals surface area contributed by atoms with E-state index >= 15 is 0 Å². The lowest BCUT2D eigenvalue weighted by Gasteiger charge is -2.02. The van der Waals surface area contributed by atoms with Crippen molar-refractivity contribution in [3.05, 3.63) is 75.6 Å². The number of aromatic nitrogens is 1. The Hall–Kier alpha value is -1.97. The Morgan fingerprint density at radius 1 is 1.05 bits per heavy atom. The molecule has 0 spiro atoms. The van der Waals surface area contributed by atoms with Gasteiger partial charge in [0.15, 0.2) is 0 Å². The normalized spacial score (nSPS) is 10.8. The molecule has 106 valence electrons. The fourth-order valence-corrected chi connectivity index (χ4v) is 3.13. The minimum Gasteiger partial charge on any atom is -0.326 e. The van der Waals surface area contributed by atoms with Crippen LogP contribution in [0.25, 0.3) is 11.3 Å². The summed E-state index contributed by atoms with van der Waals surface area (Å²) >= 11 is 1.72. The van der Waals surface area contributed by atoms with Gasteiger partial charge in [0.2, 0.25) is 0 Å². The van der Waals surface area contributed by atoms with Gasteiger partial charge in [0.25, 0.3) is 0 Å². The van der Waals surface area contributed by atoms with Crippen molar-refractivity contribution in [2.45, 2.75) is 19.9 Å². The number of nitrogens with two attached hydrogens (primary N) is 1. The average Bonchev–Trinajstić information content (AvgIpc) is 2.98. The smallest absolute Gasteiger partial charge is 0.0976 e. The van der Waals surface area contributed by atoms with Crippen LogP contribution in [0.5, 0.6) is 0 Å². The molecule has 1 heterocycles. The van der Waals surface area contributed by atoms with Gasteiger partial charge in [-0.15, -0.1) is 11.3 Å². The third-order valence-corrected chi connectivity index (χ3v) is 4.49. The van der Waals surface area contributed by atoms with Gasteiger partial charge in [-0.25, -0.2) is 4.98 Å². The van der Waals surface area contributed by atoms with E-state index in [0.29, 0.717) is 6.54 Å². The van der Waals surface area contributed by atoms with Crippen LogP contribution in [-0.4, -0.2) is 4.98 Å². The molecular formula is C18H18N2S. The molecule has 0 aliphatic carbocycles. The van der Waals surface area contributed by atoms with E-state index in [1.165, 1.54) is 11.1 Å². The first-order valence-electron chi connectivity index (χ1n) is 7.04. The second kappa shape index (κ2) is 6.20. The zero-order valence-corrected chi connectivity index (χ0v) is 12.9. The van der Waals surface area contributed by atoms with Crippen LogP contribution in [0, 0.1) is 6.92 Å². The van der Waals surface area contributed by atoms with Crippen LogP contribution in [0.15, 0.2) is 53.9 Å². The predicted molar refractivity (Wildman–Crippen MR) is 89.4 cm³/mol. The first-order chi connectivity index (χ1) is 10.3. The molecule has 0 aliphatic rings. The Kier molecular flexibility index (Phi) is 4.13. The molecule has 3 aromatic rings. The van der Waals surface area contributed by atoms with Crippen LogP contribution >= 0.6 is 11.3 Å². The highest BCUT2D eigenvalue weighted by atomic mass is 32.1. The van der Waals surface area contributed by atoms with Gasteiger partial charge >= 0.3 is 0 Å². The molecule has 0 aliphatic heterocycles. The van der Waals surface area contributed by atoms with Crippen LogP contribution in [0.4, 0.5) is 0 Å². The number of thiazole rings is 1. The summed E-state index contributed by atoms with van der Waals surface area (Å²) < 4.78 is 0. The number of rotatable bonds is 4. The molecule has 0 unspecified atom stereocenters. The molecular weight excluding hydrogens is 276 g/mol. The van der Waals surface area contributed by atoms with E-state index in [4.69, 9.17) is 10.7 Å². The number of hydrogen-bond acceptors (Lipinski definition) is 3. The Bertz CT molecular complexity index is 729. The molecule has 2 nitrogen and oxygen atoms in total. The number of benzene rings is 2. The van der Waals surface area contributed by atoms with E-state index in [9.17, 15) is 0 Å². The number of nitrogens with zero attached hydrogens (tertiary/aromatic N) is 1. The lowest BCUT2D eigenvalue weighted by atomic mass is 10.1. The minimum atomic E-state index is 0.579. The molecule has 0 radical (unpaired) electrons. The molecule has 3 rings (SSSR count). The van der Waals surface area contributed by atoms with Crippen molar-refractivity contribution >= 4 is 11.3 Å². The summed E-state index contributed by atoms with van der Waals surface area (Å²) in [6.45, 7) is 2.73. The largest absolute Gasteiger partial charge is 0.326 e. The van der Waals surface area contributed by atoms with Crippen molar-refractivity contribution in [3.63, 3.8) is 0 Å². The fourth-order valence-electron chi connectivity index (χ4n) is 2.31. The van der Waals surface area contributed by atoms with E-state index in [1.807, 2.05) is 0 Å². The summed E-state index contributed by atoms with van der Waals surface area (Å²) in [5.41, 5.74) is 11.6. The van der Waals surface area contributed by atoms with E-state index in [1.54, 1.807) is 11.3 Å². The highest BCUT2D eigenvalue weighted by molar-refractivity contribution is 7.10. The van der Waals surface area contributed by atoms with E-state index < -0.39 is 0 Å². The van der Waals surface area contributed by atoms with Crippen molar-refractivity contribution in [1.82, 2.24) is 4.98 Å². The predicted octanol–water partition coefficient (Wildman–Crippen LogP) is 4.17. The molecule has 21 heavy (non-hydrogen) atoms. The van der Waals surface area contributed by atoms with Gasteiger partial charge in [-0.05, 0) is 23.6 Å². The Morgan fingerprint density at radius 2 is 1.81 bits per heavy atom. The van der Waals surface area contributed by atoms with Crippen LogP contribution in [-0.2, 0) is 13.0 Å². The number of hydrogen-bond donors (Lipinski definition) is 1. The summed E-state index contributed by atoms with van der Waals surface area (Å²) in [5.74, 6) is 0. The molecule has 0 atom stereocenters. The Labute approximate surface area is 129 Å². The second-order valence-electron chi connectivity index (χ2n) is 5.13. The highest BCUT2D eigenvalue weighted by Crippen LogP contribution is 2.24. The SMILES string of the molecule is Cc1ccccc1Cc1nc(-c2ccc(CN)cc2)cs1. The van der Waals surface area contributed by atoms with Gasteiger partial charge in [0, 0.05) is 23.9 Å². The summed E-state index contributed by atoms with van der Waals surface area (Å²) in [6, 6.07) is 16.8.